The number of hydrogen-bond acceptors (Lipinski definition) is 2. The molecule has 0 amide bonds. The van der Waals surface area contributed by atoms with Gasteiger partial charge in [-0.05, 0) is 43.7 Å². The zero-order chi connectivity index (χ0) is 14.2. The molecule has 1 saturated carbocycles. The van der Waals surface area contributed by atoms with Gasteiger partial charge in [0.2, 0.25) is 0 Å². The van der Waals surface area contributed by atoms with E-state index in [4.69, 9.17) is 4.74 Å². The molecule has 0 saturated heterocycles. The summed E-state index contributed by atoms with van der Waals surface area (Å²) in [4.78, 5) is 12.5. The molecular weight excluding hydrogens is 236 g/mol. The van der Waals surface area contributed by atoms with Gasteiger partial charge >= 0.3 is 0 Å². The van der Waals surface area contributed by atoms with Crippen LogP contribution < -0.4 is 4.74 Å². The lowest BCUT2D eigenvalue weighted by Gasteiger charge is -2.25. The fraction of sp³-hybridized carbons (Fsp3) is 0.588. The van der Waals surface area contributed by atoms with Gasteiger partial charge in [0, 0.05) is 11.5 Å². The Morgan fingerprint density at radius 1 is 1.32 bits per heavy atom. The molecule has 0 heterocycles. The molecule has 2 nitrogen and oxygen atoms in total. The van der Waals surface area contributed by atoms with Crippen LogP contribution in [0.2, 0.25) is 0 Å². The van der Waals surface area contributed by atoms with Crippen molar-refractivity contribution in [3.05, 3.63) is 28.8 Å². The van der Waals surface area contributed by atoms with Gasteiger partial charge in [0.1, 0.15) is 5.75 Å². The molecule has 0 N–H and O–H groups in total. The van der Waals surface area contributed by atoms with Gasteiger partial charge in [-0.2, -0.15) is 0 Å². The van der Waals surface area contributed by atoms with Crippen LogP contribution in [0.1, 0.15) is 62.0 Å². The standard InChI is InChI=1S/C17H24O2/c1-6-19-16-13(15(18)12-7-8-12)9-11(2)10-14(16)17(3,4)5/h9-10,12H,6-8H2,1-5H3. The van der Waals surface area contributed by atoms with E-state index < -0.39 is 0 Å². The summed E-state index contributed by atoms with van der Waals surface area (Å²) in [5.74, 6) is 1.30. The highest BCUT2D eigenvalue weighted by atomic mass is 16.5. The monoisotopic (exact) mass is 260 g/mol. The molecule has 0 spiro atoms. The van der Waals surface area contributed by atoms with Crippen molar-refractivity contribution in [2.24, 2.45) is 5.92 Å². The first kappa shape index (κ1) is 14.1. The molecule has 1 aromatic rings. The van der Waals surface area contributed by atoms with Gasteiger partial charge in [-0.1, -0.05) is 26.8 Å². The van der Waals surface area contributed by atoms with E-state index in [1.807, 2.05) is 13.0 Å². The number of benzene rings is 1. The maximum atomic E-state index is 12.5. The van der Waals surface area contributed by atoms with Crippen LogP contribution in [-0.2, 0) is 5.41 Å². The summed E-state index contributed by atoms with van der Waals surface area (Å²) in [5, 5.41) is 0. The van der Waals surface area contributed by atoms with Crippen LogP contribution in [0.5, 0.6) is 5.75 Å². The summed E-state index contributed by atoms with van der Waals surface area (Å²) in [5.41, 5.74) is 3.04. The molecule has 2 heteroatoms. The maximum absolute atomic E-state index is 12.5. The van der Waals surface area contributed by atoms with Crippen LogP contribution in [0.3, 0.4) is 0 Å². The van der Waals surface area contributed by atoms with Crippen molar-refractivity contribution in [2.45, 2.75) is 52.9 Å². The fourth-order valence-corrected chi connectivity index (χ4v) is 2.38. The molecule has 0 unspecified atom stereocenters. The minimum atomic E-state index is -0.0187. The van der Waals surface area contributed by atoms with E-state index in [-0.39, 0.29) is 17.1 Å². The first-order chi connectivity index (χ1) is 8.84. The normalized spacial score (nSPS) is 15.4. The number of Topliss-reactive ketones (excluding diaryl/α,β-unsaturated/α-hetero) is 1. The Morgan fingerprint density at radius 3 is 2.42 bits per heavy atom. The molecule has 19 heavy (non-hydrogen) atoms. The number of rotatable bonds is 4. The van der Waals surface area contributed by atoms with Crippen LogP contribution in [0.15, 0.2) is 12.1 Å². The first-order valence-electron chi connectivity index (χ1n) is 7.16. The van der Waals surface area contributed by atoms with Crippen LogP contribution in [0, 0.1) is 12.8 Å². The van der Waals surface area contributed by atoms with Gasteiger partial charge in [-0.25, -0.2) is 0 Å². The van der Waals surface area contributed by atoms with E-state index in [0.717, 1.165) is 35.3 Å². The first-order valence-corrected chi connectivity index (χ1v) is 7.16. The molecular formula is C17H24O2. The van der Waals surface area contributed by atoms with E-state index >= 15 is 0 Å². The largest absolute Gasteiger partial charge is 0.493 e. The molecule has 1 aliphatic carbocycles. The molecule has 0 aromatic heterocycles. The van der Waals surface area contributed by atoms with E-state index in [1.54, 1.807) is 0 Å². The summed E-state index contributed by atoms with van der Waals surface area (Å²) in [7, 11) is 0. The van der Waals surface area contributed by atoms with Crippen molar-refractivity contribution in [1.29, 1.82) is 0 Å². The maximum Gasteiger partial charge on any atom is 0.169 e. The number of carbonyl (C=O) groups is 1. The fourth-order valence-electron chi connectivity index (χ4n) is 2.38. The molecule has 0 radical (unpaired) electrons. The van der Waals surface area contributed by atoms with Gasteiger partial charge in [-0.15, -0.1) is 0 Å². The van der Waals surface area contributed by atoms with Crippen molar-refractivity contribution >= 4 is 5.78 Å². The predicted molar refractivity (Wildman–Crippen MR) is 78.1 cm³/mol. The van der Waals surface area contributed by atoms with Gasteiger partial charge in [0.15, 0.2) is 5.78 Å². The van der Waals surface area contributed by atoms with E-state index in [2.05, 4.69) is 33.8 Å². The lowest BCUT2D eigenvalue weighted by Crippen LogP contribution is -2.17. The third kappa shape index (κ3) is 2.99. The average Bonchev–Trinajstić information content (AvgIpc) is 3.12. The van der Waals surface area contributed by atoms with Gasteiger partial charge in [0.05, 0.1) is 12.2 Å². The highest BCUT2D eigenvalue weighted by Crippen LogP contribution is 2.40. The lowest BCUT2D eigenvalue weighted by atomic mass is 9.83. The summed E-state index contributed by atoms with van der Waals surface area (Å²) in [6.07, 6.45) is 2.06. The Hall–Kier alpha value is -1.31. The third-order valence-corrected chi connectivity index (χ3v) is 3.54. The number of hydrogen-bond donors (Lipinski definition) is 0. The second-order valence-electron chi connectivity index (χ2n) is 6.51. The lowest BCUT2D eigenvalue weighted by molar-refractivity contribution is 0.0963. The molecule has 1 fully saturated rings. The van der Waals surface area contributed by atoms with E-state index in [1.165, 1.54) is 0 Å². The Labute approximate surface area is 116 Å². The van der Waals surface area contributed by atoms with Crippen molar-refractivity contribution in [3.63, 3.8) is 0 Å². The molecule has 1 aliphatic rings. The molecule has 0 atom stereocenters. The SMILES string of the molecule is CCOc1c(C(=O)C2CC2)cc(C)cc1C(C)(C)C. The zero-order valence-corrected chi connectivity index (χ0v) is 12.7. The van der Waals surface area contributed by atoms with E-state index in [0.29, 0.717) is 6.61 Å². The van der Waals surface area contributed by atoms with Crippen LogP contribution >= 0.6 is 0 Å². The Bertz CT molecular complexity index is 491. The number of aryl methyl sites for hydroxylation is 1. The summed E-state index contributed by atoms with van der Waals surface area (Å²) < 4.78 is 5.83. The minimum absolute atomic E-state index is 0.0187. The Balaban J connectivity index is 2.57. The topological polar surface area (TPSA) is 26.3 Å². The van der Waals surface area contributed by atoms with Crippen molar-refractivity contribution < 1.29 is 9.53 Å². The van der Waals surface area contributed by atoms with E-state index in [9.17, 15) is 4.79 Å². The predicted octanol–water partition coefficient (Wildman–Crippen LogP) is 4.28. The van der Waals surface area contributed by atoms with Crippen molar-refractivity contribution in [1.82, 2.24) is 0 Å². The summed E-state index contributed by atoms with van der Waals surface area (Å²) in [6, 6.07) is 4.13. The Morgan fingerprint density at radius 2 is 1.95 bits per heavy atom. The smallest absolute Gasteiger partial charge is 0.169 e. The summed E-state index contributed by atoms with van der Waals surface area (Å²) in [6.45, 7) is 11.1. The van der Waals surface area contributed by atoms with Gasteiger partial charge < -0.3 is 4.74 Å². The number of carbonyl (C=O) groups excluding carboxylic acids is 1. The zero-order valence-electron chi connectivity index (χ0n) is 12.7. The van der Waals surface area contributed by atoms with Crippen LogP contribution in [-0.4, -0.2) is 12.4 Å². The number of ketones is 1. The number of ether oxygens (including phenoxy) is 1. The summed E-state index contributed by atoms with van der Waals surface area (Å²) >= 11 is 0. The van der Waals surface area contributed by atoms with Gasteiger partial charge in [-0.3, -0.25) is 4.79 Å². The van der Waals surface area contributed by atoms with Crippen LogP contribution in [0.4, 0.5) is 0 Å². The molecule has 104 valence electrons. The third-order valence-electron chi connectivity index (χ3n) is 3.54. The minimum Gasteiger partial charge on any atom is -0.493 e. The molecule has 1 aromatic carbocycles. The second kappa shape index (κ2) is 4.99. The van der Waals surface area contributed by atoms with Crippen molar-refractivity contribution in [3.8, 4) is 5.75 Å². The highest BCUT2D eigenvalue weighted by Gasteiger charge is 2.34. The molecule has 0 aliphatic heterocycles. The Kier molecular flexibility index (Phi) is 3.71. The molecule has 2 rings (SSSR count). The highest BCUT2D eigenvalue weighted by molar-refractivity contribution is 6.02. The van der Waals surface area contributed by atoms with Crippen molar-refractivity contribution in [2.75, 3.05) is 6.61 Å². The second-order valence-corrected chi connectivity index (χ2v) is 6.51. The van der Waals surface area contributed by atoms with Gasteiger partial charge in [0.25, 0.3) is 0 Å². The molecule has 0 bridgehead atoms. The average molecular weight is 260 g/mol. The van der Waals surface area contributed by atoms with Crippen LogP contribution in [0.25, 0.3) is 0 Å². The quantitative estimate of drug-likeness (QED) is 0.755.